The summed E-state index contributed by atoms with van der Waals surface area (Å²) in [6.07, 6.45) is -1.62. The Morgan fingerprint density at radius 3 is 2.57 bits per heavy atom. The first-order valence-electron chi connectivity index (χ1n) is 13.0. The van der Waals surface area contributed by atoms with Crippen LogP contribution >= 0.6 is 11.8 Å². The lowest BCUT2D eigenvalue weighted by Crippen LogP contribution is -2.24. The number of imidazole rings is 1. The predicted molar refractivity (Wildman–Crippen MR) is 158 cm³/mol. The molecule has 0 spiro atoms. The molecule has 0 aliphatic carbocycles. The van der Waals surface area contributed by atoms with E-state index in [0.29, 0.717) is 27.6 Å². The average molecular weight is 589 g/mol. The van der Waals surface area contributed by atoms with Crippen LogP contribution in [0.4, 0.5) is 18.9 Å². The highest BCUT2D eigenvalue weighted by Crippen LogP contribution is 2.31. The van der Waals surface area contributed by atoms with Crippen LogP contribution in [0.5, 0.6) is 5.75 Å². The quantitative estimate of drug-likeness (QED) is 0.196. The van der Waals surface area contributed by atoms with E-state index in [9.17, 15) is 18.0 Å². The van der Waals surface area contributed by atoms with Gasteiger partial charge in [0.1, 0.15) is 12.1 Å². The zero-order chi connectivity index (χ0) is 29.4. The van der Waals surface area contributed by atoms with Gasteiger partial charge < -0.3 is 4.74 Å². The fourth-order valence-electron chi connectivity index (χ4n) is 4.63. The molecule has 1 aliphatic rings. The number of para-hydroxylation sites is 1. The first-order chi connectivity index (χ1) is 20.2. The molecule has 42 heavy (non-hydrogen) atoms. The number of rotatable bonds is 6. The number of hydrogen-bond acceptors (Lipinski definition) is 7. The highest BCUT2D eigenvalue weighted by Gasteiger charge is 2.31. The van der Waals surface area contributed by atoms with Gasteiger partial charge in [0.05, 0.1) is 39.9 Å². The predicted octanol–water partition coefficient (Wildman–Crippen LogP) is 7.19. The average Bonchev–Trinajstić information content (AvgIpc) is 3.55. The molecule has 6 rings (SSSR count). The molecule has 0 bridgehead atoms. The van der Waals surface area contributed by atoms with Crippen LogP contribution in [0.15, 0.2) is 89.2 Å². The van der Waals surface area contributed by atoms with Gasteiger partial charge in [-0.1, -0.05) is 43.8 Å². The summed E-state index contributed by atoms with van der Waals surface area (Å²) in [4.78, 5) is 26.5. The second kappa shape index (κ2) is 10.9. The van der Waals surface area contributed by atoms with Gasteiger partial charge in [0.15, 0.2) is 5.17 Å². The maximum atomic E-state index is 12.6. The molecule has 0 saturated carbocycles. The third-order valence-corrected chi connectivity index (χ3v) is 7.49. The Hall–Kier alpha value is -4.71. The standard InChI is InChI=1S/C30H23F3N6O2S/c1-18(2)22-5-3-4-6-24(22)37-29-39(27(40)16-42-29)35-15-19-7-12-23-25(36-19)13-14-26-28(23)34-17-38(26)20-8-10-21(11-9-20)41-30(31,32)33/h3-15,17-18H,16H2,1-2H3. The van der Waals surface area contributed by atoms with Crippen molar-refractivity contribution in [1.29, 1.82) is 0 Å². The maximum absolute atomic E-state index is 12.6. The first-order valence-corrected chi connectivity index (χ1v) is 14.0. The van der Waals surface area contributed by atoms with Crippen molar-refractivity contribution < 1.29 is 22.7 Å². The molecule has 1 aliphatic heterocycles. The van der Waals surface area contributed by atoms with Gasteiger partial charge in [0.2, 0.25) is 0 Å². The van der Waals surface area contributed by atoms with Crippen molar-refractivity contribution in [1.82, 2.24) is 19.5 Å². The zero-order valence-electron chi connectivity index (χ0n) is 22.4. The highest BCUT2D eigenvalue weighted by molar-refractivity contribution is 8.15. The minimum atomic E-state index is -4.75. The number of benzene rings is 3. The number of fused-ring (bicyclic) bond motifs is 3. The van der Waals surface area contributed by atoms with Crippen molar-refractivity contribution in [2.75, 3.05) is 5.75 Å². The topological polar surface area (TPSA) is 85.0 Å². The third-order valence-electron chi connectivity index (χ3n) is 6.58. The molecule has 1 saturated heterocycles. The van der Waals surface area contributed by atoms with Crippen LogP contribution in [0.1, 0.15) is 31.0 Å². The molecule has 2 aromatic heterocycles. The van der Waals surface area contributed by atoms with Crippen LogP contribution < -0.4 is 4.74 Å². The number of hydrogen-bond donors (Lipinski definition) is 0. The molecule has 0 unspecified atom stereocenters. The number of nitrogens with zero attached hydrogens (tertiary/aromatic N) is 6. The fourth-order valence-corrected chi connectivity index (χ4v) is 5.44. The normalized spacial score (nSPS) is 15.2. The lowest BCUT2D eigenvalue weighted by atomic mass is 10.0. The number of amides is 1. The van der Waals surface area contributed by atoms with Crippen LogP contribution in [0.2, 0.25) is 0 Å². The Balaban J connectivity index is 1.26. The molecule has 1 amide bonds. The van der Waals surface area contributed by atoms with E-state index in [4.69, 9.17) is 4.99 Å². The van der Waals surface area contributed by atoms with Crippen LogP contribution in [-0.4, -0.2) is 48.9 Å². The van der Waals surface area contributed by atoms with E-state index in [2.05, 4.69) is 33.7 Å². The van der Waals surface area contributed by atoms with Gasteiger partial charge in [-0.3, -0.25) is 9.36 Å². The molecule has 3 aromatic carbocycles. The van der Waals surface area contributed by atoms with Crippen molar-refractivity contribution in [3.8, 4) is 11.4 Å². The summed E-state index contributed by atoms with van der Waals surface area (Å²) < 4.78 is 43.2. The molecule has 0 radical (unpaired) electrons. The van der Waals surface area contributed by atoms with Crippen LogP contribution in [0, 0.1) is 0 Å². The second-order valence-corrected chi connectivity index (χ2v) is 10.7. The van der Waals surface area contributed by atoms with E-state index >= 15 is 0 Å². The summed E-state index contributed by atoms with van der Waals surface area (Å²) in [5.74, 6) is 0.0717. The number of hydrazone groups is 1. The van der Waals surface area contributed by atoms with Crippen molar-refractivity contribution in [2.24, 2.45) is 10.1 Å². The van der Waals surface area contributed by atoms with E-state index in [-0.39, 0.29) is 23.3 Å². The Bertz CT molecular complexity index is 1870. The smallest absolute Gasteiger partial charge is 0.406 e. The van der Waals surface area contributed by atoms with Crippen LogP contribution in [0.25, 0.3) is 27.6 Å². The molecule has 1 fully saturated rings. The number of amidine groups is 1. The Morgan fingerprint density at radius 2 is 1.81 bits per heavy atom. The Labute approximate surface area is 242 Å². The summed E-state index contributed by atoms with van der Waals surface area (Å²) in [5, 5.41) is 7.02. The minimum absolute atomic E-state index is 0.164. The number of carbonyl (C=O) groups excluding carboxylic acids is 1. The first kappa shape index (κ1) is 27.5. The van der Waals surface area contributed by atoms with Gasteiger partial charge in [0.25, 0.3) is 5.91 Å². The minimum Gasteiger partial charge on any atom is -0.406 e. The van der Waals surface area contributed by atoms with Crippen LogP contribution in [0.3, 0.4) is 0 Å². The summed E-state index contributed by atoms with van der Waals surface area (Å²) in [6, 6.07) is 20.8. The molecule has 5 aromatic rings. The number of aliphatic imine (C=N–C) groups is 1. The summed E-state index contributed by atoms with van der Waals surface area (Å²) in [7, 11) is 0. The van der Waals surface area contributed by atoms with E-state index in [1.165, 1.54) is 47.3 Å². The van der Waals surface area contributed by atoms with Crippen molar-refractivity contribution in [2.45, 2.75) is 26.1 Å². The number of thioether (sulfide) groups is 1. The van der Waals surface area contributed by atoms with Gasteiger partial charge in [0, 0.05) is 11.1 Å². The second-order valence-electron chi connectivity index (χ2n) is 9.74. The molecular formula is C30H23F3N6O2S. The van der Waals surface area contributed by atoms with Gasteiger partial charge in [-0.05, 0) is 66.1 Å². The summed E-state index contributed by atoms with van der Waals surface area (Å²) >= 11 is 1.34. The lowest BCUT2D eigenvalue weighted by molar-refractivity contribution is -0.274. The van der Waals surface area contributed by atoms with Gasteiger partial charge in [-0.25, -0.2) is 15.0 Å². The highest BCUT2D eigenvalue weighted by atomic mass is 32.2. The number of halogens is 3. The number of pyridine rings is 1. The SMILES string of the molecule is CC(C)c1ccccc1N=C1SCC(=O)N1N=Cc1ccc2c(ccc3c2ncn3-c2ccc(OC(F)(F)F)cc2)n1. The largest absolute Gasteiger partial charge is 0.573 e. The maximum Gasteiger partial charge on any atom is 0.573 e. The molecule has 212 valence electrons. The molecule has 0 N–H and O–H groups in total. The van der Waals surface area contributed by atoms with E-state index in [1.54, 1.807) is 17.0 Å². The van der Waals surface area contributed by atoms with Crippen LogP contribution in [-0.2, 0) is 4.79 Å². The number of alkyl halides is 3. The van der Waals surface area contributed by atoms with Gasteiger partial charge in [-0.2, -0.15) is 10.1 Å². The Kier molecular flexibility index (Phi) is 7.15. The van der Waals surface area contributed by atoms with Crippen molar-refractivity contribution in [3.05, 3.63) is 90.4 Å². The van der Waals surface area contributed by atoms with E-state index in [1.807, 2.05) is 42.5 Å². The third kappa shape index (κ3) is 5.57. The molecule has 8 nitrogen and oxygen atoms in total. The Morgan fingerprint density at radius 1 is 1.02 bits per heavy atom. The molecule has 3 heterocycles. The summed E-state index contributed by atoms with van der Waals surface area (Å²) in [5.41, 5.74) is 5.19. The monoisotopic (exact) mass is 588 g/mol. The van der Waals surface area contributed by atoms with Crippen molar-refractivity contribution >= 4 is 56.7 Å². The van der Waals surface area contributed by atoms with Gasteiger partial charge >= 0.3 is 6.36 Å². The lowest BCUT2D eigenvalue weighted by Gasteiger charge is -2.12. The molecule has 12 heteroatoms. The van der Waals surface area contributed by atoms with Crippen molar-refractivity contribution in [3.63, 3.8) is 0 Å². The summed E-state index contributed by atoms with van der Waals surface area (Å²) in [6.45, 7) is 4.19. The van der Waals surface area contributed by atoms with Gasteiger partial charge in [-0.15, -0.1) is 13.2 Å². The van der Waals surface area contributed by atoms with E-state index < -0.39 is 6.36 Å². The molecule has 0 atom stereocenters. The fraction of sp³-hybridized carbons (Fsp3) is 0.167. The zero-order valence-corrected chi connectivity index (χ0v) is 23.2. The number of carbonyl (C=O) groups is 1. The number of ether oxygens (including phenoxy) is 1. The van der Waals surface area contributed by atoms with E-state index in [0.717, 1.165) is 22.2 Å². The number of aromatic nitrogens is 3. The molecular weight excluding hydrogens is 565 g/mol.